The number of fused-ring (bicyclic) bond motifs is 1. The molecule has 0 saturated carbocycles. The number of nitrogens with one attached hydrogen (secondary N) is 1. The first-order valence-electron chi connectivity index (χ1n) is 10.5. The number of rotatable bonds is 3. The number of benzene rings is 2. The molecule has 0 saturated heterocycles. The number of carbonyl (C=O) groups is 1. The van der Waals surface area contributed by atoms with E-state index < -0.39 is 17.7 Å². The highest BCUT2D eigenvalue weighted by Gasteiger charge is 2.45. The molecule has 1 aliphatic rings. The molecule has 9 heteroatoms. The summed E-state index contributed by atoms with van der Waals surface area (Å²) in [7, 11) is 0. The number of alkyl halides is 3. The molecular formula is C26H17F3N4O2. The van der Waals surface area contributed by atoms with Crippen LogP contribution in [0.15, 0.2) is 103 Å². The van der Waals surface area contributed by atoms with Crippen molar-refractivity contribution in [2.24, 2.45) is 4.99 Å². The Balaban J connectivity index is 1.69. The number of hydrogen-bond acceptors (Lipinski definition) is 6. The second kappa shape index (κ2) is 8.68. The molecule has 1 unspecified atom stereocenters. The fraction of sp³-hybridized carbons (Fsp3) is 0.0769. The van der Waals surface area contributed by atoms with Crippen molar-refractivity contribution in [1.29, 1.82) is 0 Å². The minimum absolute atomic E-state index is 0.00166. The summed E-state index contributed by atoms with van der Waals surface area (Å²) in [6.07, 6.45) is 1.52. The summed E-state index contributed by atoms with van der Waals surface area (Å²) < 4.78 is 38.2. The van der Waals surface area contributed by atoms with Gasteiger partial charge < -0.3 is 4.84 Å². The maximum atomic E-state index is 12.7. The van der Waals surface area contributed by atoms with Crippen LogP contribution in [0.4, 0.5) is 13.2 Å². The maximum absolute atomic E-state index is 12.7. The predicted octanol–water partition coefficient (Wildman–Crippen LogP) is 4.81. The van der Waals surface area contributed by atoms with Crippen LogP contribution in [0.5, 0.6) is 0 Å². The molecule has 0 fully saturated rings. The third-order valence-electron chi connectivity index (χ3n) is 5.70. The Kier molecular flexibility index (Phi) is 5.52. The zero-order valence-corrected chi connectivity index (χ0v) is 18.0. The van der Waals surface area contributed by atoms with Gasteiger partial charge in [0, 0.05) is 30.4 Å². The first-order chi connectivity index (χ1) is 16.9. The first kappa shape index (κ1) is 22.3. The monoisotopic (exact) mass is 474 g/mol. The molecule has 2 aromatic heterocycles. The number of nitrogens with zero attached hydrogens (tertiary/aromatic N) is 3. The quantitative estimate of drug-likeness (QED) is 0.432. The molecule has 0 radical (unpaired) electrons. The van der Waals surface area contributed by atoms with Gasteiger partial charge in [0.15, 0.2) is 5.84 Å². The Morgan fingerprint density at radius 3 is 2.34 bits per heavy atom. The fourth-order valence-electron chi connectivity index (χ4n) is 4.18. The molecule has 5 rings (SSSR count). The lowest BCUT2D eigenvalue weighted by Gasteiger charge is -2.29. The lowest BCUT2D eigenvalue weighted by Crippen LogP contribution is -2.34. The standard InChI is InChI=1S/C26H17F3N4O2/c27-26(28,29)24(34)35-33-23-21-8-1-2-9-22(21)25(32-23,19-10-13-30-14-11-19)20-7-3-5-17(15-20)18-6-4-12-31-16-18/h1-16H,(H,32,33). The van der Waals surface area contributed by atoms with Gasteiger partial charge in [-0.3, -0.25) is 9.97 Å². The van der Waals surface area contributed by atoms with Crippen molar-refractivity contribution in [3.8, 4) is 11.1 Å². The minimum atomic E-state index is -5.15. The SMILES string of the molecule is O=C(ONC1=NC(c2ccncc2)(c2cccc(-c3cccnc3)c2)c2ccccc21)C(F)(F)F. The molecule has 1 aliphatic heterocycles. The minimum Gasteiger partial charge on any atom is -0.334 e. The summed E-state index contributed by atoms with van der Waals surface area (Å²) in [4.78, 5) is 28.8. The Morgan fingerprint density at radius 1 is 0.829 bits per heavy atom. The van der Waals surface area contributed by atoms with Crippen molar-refractivity contribution < 1.29 is 22.8 Å². The Labute approximate surface area is 198 Å². The topological polar surface area (TPSA) is 76.5 Å². The van der Waals surface area contributed by atoms with E-state index in [9.17, 15) is 18.0 Å². The molecule has 1 N–H and O–H groups in total. The van der Waals surface area contributed by atoms with Crippen LogP contribution in [0, 0.1) is 0 Å². The average molecular weight is 474 g/mol. The van der Waals surface area contributed by atoms with E-state index in [0.717, 1.165) is 22.3 Å². The van der Waals surface area contributed by atoms with Crippen LogP contribution >= 0.6 is 0 Å². The number of carbonyl (C=O) groups excluding carboxylic acids is 1. The summed E-state index contributed by atoms with van der Waals surface area (Å²) in [6.45, 7) is 0. The van der Waals surface area contributed by atoms with Crippen LogP contribution < -0.4 is 5.48 Å². The van der Waals surface area contributed by atoms with E-state index in [2.05, 4.69) is 20.3 Å². The molecular weight excluding hydrogens is 457 g/mol. The number of aromatic nitrogens is 2. The second-order valence-corrected chi connectivity index (χ2v) is 7.76. The van der Waals surface area contributed by atoms with E-state index in [1.807, 2.05) is 48.5 Å². The van der Waals surface area contributed by atoms with Gasteiger partial charge in [-0.05, 0) is 52.1 Å². The average Bonchev–Trinajstić information content (AvgIpc) is 3.23. The summed E-state index contributed by atoms with van der Waals surface area (Å²) in [5.74, 6) is -2.36. The molecule has 6 nitrogen and oxygen atoms in total. The highest BCUT2D eigenvalue weighted by atomic mass is 19.4. The van der Waals surface area contributed by atoms with Gasteiger partial charge in [-0.2, -0.15) is 18.7 Å². The van der Waals surface area contributed by atoms with Crippen LogP contribution in [0.2, 0.25) is 0 Å². The van der Waals surface area contributed by atoms with Gasteiger partial charge in [0.05, 0.1) is 0 Å². The normalized spacial score (nSPS) is 16.8. The van der Waals surface area contributed by atoms with E-state index >= 15 is 0 Å². The molecule has 2 aromatic carbocycles. The number of halogens is 3. The molecule has 0 spiro atoms. The molecule has 0 aliphatic carbocycles. The van der Waals surface area contributed by atoms with Crippen LogP contribution in [0.1, 0.15) is 22.3 Å². The number of amidine groups is 1. The molecule has 3 heterocycles. The van der Waals surface area contributed by atoms with Gasteiger partial charge in [-0.15, -0.1) is 0 Å². The van der Waals surface area contributed by atoms with Crippen LogP contribution in [-0.4, -0.2) is 27.9 Å². The second-order valence-electron chi connectivity index (χ2n) is 7.76. The van der Waals surface area contributed by atoms with Crippen molar-refractivity contribution in [2.45, 2.75) is 11.7 Å². The van der Waals surface area contributed by atoms with Crippen molar-refractivity contribution >= 4 is 11.8 Å². The highest BCUT2D eigenvalue weighted by Crippen LogP contribution is 2.46. The van der Waals surface area contributed by atoms with Crippen molar-refractivity contribution in [2.75, 3.05) is 0 Å². The summed E-state index contributed by atoms with van der Waals surface area (Å²) >= 11 is 0. The van der Waals surface area contributed by atoms with Gasteiger partial charge >= 0.3 is 12.1 Å². The Morgan fingerprint density at radius 2 is 1.60 bits per heavy atom. The van der Waals surface area contributed by atoms with Gasteiger partial charge in [0.2, 0.25) is 0 Å². The van der Waals surface area contributed by atoms with Gasteiger partial charge in [0.25, 0.3) is 0 Å². The van der Waals surface area contributed by atoms with E-state index in [1.54, 1.807) is 49.1 Å². The third kappa shape index (κ3) is 4.01. The maximum Gasteiger partial charge on any atom is 0.493 e. The summed E-state index contributed by atoms with van der Waals surface area (Å²) in [5.41, 5.74) is 5.50. The molecule has 0 bridgehead atoms. The van der Waals surface area contributed by atoms with Crippen molar-refractivity contribution in [3.05, 3.63) is 120 Å². The molecule has 35 heavy (non-hydrogen) atoms. The van der Waals surface area contributed by atoms with E-state index in [1.165, 1.54) is 0 Å². The number of pyridine rings is 2. The molecule has 1 atom stereocenters. The van der Waals surface area contributed by atoms with Gasteiger partial charge in [-0.1, -0.05) is 48.5 Å². The predicted molar refractivity (Wildman–Crippen MR) is 122 cm³/mol. The number of aliphatic imine (C=N–C) groups is 1. The summed E-state index contributed by atoms with van der Waals surface area (Å²) in [6, 6.07) is 22.1. The first-order valence-corrected chi connectivity index (χ1v) is 10.5. The van der Waals surface area contributed by atoms with Crippen molar-refractivity contribution in [3.63, 3.8) is 0 Å². The lowest BCUT2D eigenvalue weighted by molar-refractivity contribution is -0.203. The van der Waals surface area contributed by atoms with Gasteiger partial charge in [0.1, 0.15) is 5.54 Å². The van der Waals surface area contributed by atoms with Crippen LogP contribution in [-0.2, 0) is 15.2 Å². The lowest BCUT2D eigenvalue weighted by atomic mass is 9.77. The third-order valence-corrected chi connectivity index (χ3v) is 5.70. The number of hydroxylamine groups is 1. The smallest absolute Gasteiger partial charge is 0.334 e. The van der Waals surface area contributed by atoms with Crippen molar-refractivity contribution in [1.82, 2.24) is 15.4 Å². The fourth-order valence-corrected chi connectivity index (χ4v) is 4.18. The Bertz CT molecular complexity index is 1410. The van der Waals surface area contributed by atoms with E-state index in [0.29, 0.717) is 11.1 Å². The zero-order valence-electron chi connectivity index (χ0n) is 18.0. The van der Waals surface area contributed by atoms with Crippen LogP contribution in [0.25, 0.3) is 11.1 Å². The molecule has 4 aromatic rings. The molecule has 0 amide bonds. The largest absolute Gasteiger partial charge is 0.493 e. The van der Waals surface area contributed by atoms with Gasteiger partial charge in [-0.25, -0.2) is 9.79 Å². The zero-order chi connectivity index (χ0) is 24.5. The van der Waals surface area contributed by atoms with E-state index in [-0.39, 0.29) is 5.84 Å². The molecule has 174 valence electrons. The summed E-state index contributed by atoms with van der Waals surface area (Å²) in [5, 5.41) is 0. The number of hydrogen-bond donors (Lipinski definition) is 1. The highest BCUT2D eigenvalue weighted by molar-refractivity contribution is 6.04. The van der Waals surface area contributed by atoms with Crippen LogP contribution in [0.3, 0.4) is 0 Å². The van der Waals surface area contributed by atoms with E-state index in [4.69, 9.17) is 4.99 Å². The Hall–Kier alpha value is -4.53.